The van der Waals surface area contributed by atoms with Crippen LogP contribution in [0.2, 0.25) is 0 Å². The first-order valence-electron chi connectivity index (χ1n) is 3.64. The van der Waals surface area contributed by atoms with Crippen LogP contribution in [0.4, 0.5) is 0 Å². The van der Waals surface area contributed by atoms with E-state index in [1.54, 1.807) is 0 Å². The van der Waals surface area contributed by atoms with Crippen molar-refractivity contribution in [3.63, 3.8) is 0 Å². The van der Waals surface area contributed by atoms with Gasteiger partial charge in [-0.1, -0.05) is 13.0 Å². The Kier molecular flexibility index (Phi) is 2.63. The predicted octanol–water partition coefficient (Wildman–Crippen LogP) is 1.31. The summed E-state index contributed by atoms with van der Waals surface area (Å²) in [5.41, 5.74) is 0.953. The minimum atomic E-state index is 0.160. The molecule has 10 heavy (non-hydrogen) atoms. The summed E-state index contributed by atoms with van der Waals surface area (Å²) in [7, 11) is 0. The molecule has 2 nitrogen and oxygen atoms in total. The van der Waals surface area contributed by atoms with Crippen molar-refractivity contribution >= 4 is 5.78 Å². The summed E-state index contributed by atoms with van der Waals surface area (Å²) < 4.78 is 4.97. The summed E-state index contributed by atoms with van der Waals surface area (Å²) >= 11 is 0. The SMILES string of the molecule is CC/C=C1\CCOCC1=O. The predicted molar refractivity (Wildman–Crippen MR) is 38.8 cm³/mol. The van der Waals surface area contributed by atoms with E-state index in [-0.39, 0.29) is 12.4 Å². The Bertz CT molecular complexity index is 159. The second kappa shape index (κ2) is 3.52. The van der Waals surface area contributed by atoms with Gasteiger partial charge in [0.15, 0.2) is 5.78 Å². The van der Waals surface area contributed by atoms with Crippen LogP contribution in [0, 0.1) is 0 Å². The number of hydrogen-bond donors (Lipinski definition) is 0. The number of ketones is 1. The van der Waals surface area contributed by atoms with Gasteiger partial charge in [0, 0.05) is 0 Å². The Morgan fingerprint density at radius 3 is 3.10 bits per heavy atom. The number of hydrogen-bond acceptors (Lipinski definition) is 2. The molecule has 1 aliphatic rings. The average Bonchev–Trinajstić information content (AvgIpc) is 1.94. The molecule has 0 aliphatic carbocycles. The first-order chi connectivity index (χ1) is 4.84. The van der Waals surface area contributed by atoms with Crippen molar-refractivity contribution in [2.45, 2.75) is 19.8 Å². The van der Waals surface area contributed by atoms with E-state index in [1.165, 1.54) is 0 Å². The highest BCUT2D eigenvalue weighted by Gasteiger charge is 2.13. The van der Waals surface area contributed by atoms with Crippen molar-refractivity contribution < 1.29 is 9.53 Å². The Balaban J connectivity index is 2.56. The molecule has 1 saturated heterocycles. The van der Waals surface area contributed by atoms with E-state index in [1.807, 2.05) is 13.0 Å². The molecule has 56 valence electrons. The van der Waals surface area contributed by atoms with Gasteiger partial charge < -0.3 is 4.74 Å². The summed E-state index contributed by atoms with van der Waals surface area (Å²) in [6.45, 7) is 3.03. The van der Waals surface area contributed by atoms with Crippen LogP contribution in [-0.4, -0.2) is 19.0 Å². The number of Topliss-reactive ketones (excluding diaryl/α,β-unsaturated/α-hetero) is 1. The van der Waals surface area contributed by atoms with Crippen LogP contribution in [0.1, 0.15) is 19.8 Å². The van der Waals surface area contributed by atoms with E-state index in [0.717, 1.165) is 18.4 Å². The zero-order chi connectivity index (χ0) is 7.40. The topological polar surface area (TPSA) is 26.3 Å². The fraction of sp³-hybridized carbons (Fsp3) is 0.625. The largest absolute Gasteiger partial charge is 0.373 e. The normalized spacial score (nSPS) is 23.7. The molecule has 0 aromatic carbocycles. The molecule has 0 radical (unpaired) electrons. The summed E-state index contributed by atoms with van der Waals surface area (Å²) in [6, 6.07) is 0. The lowest BCUT2D eigenvalue weighted by atomic mass is 10.1. The Morgan fingerprint density at radius 1 is 1.70 bits per heavy atom. The Labute approximate surface area is 60.9 Å². The maximum Gasteiger partial charge on any atom is 0.184 e. The molecular weight excluding hydrogens is 128 g/mol. The number of ether oxygens (including phenoxy) is 1. The van der Waals surface area contributed by atoms with Gasteiger partial charge >= 0.3 is 0 Å². The molecule has 0 bridgehead atoms. The minimum absolute atomic E-state index is 0.160. The lowest BCUT2D eigenvalue weighted by Crippen LogP contribution is -2.19. The van der Waals surface area contributed by atoms with E-state index < -0.39 is 0 Å². The van der Waals surface area contributed by atoms with Crippen molar-refractivity contribution in [1.29, 1.82) is 0 Å². The average molecular weight is 140 g/mol. The molecule has 1 fully saturated rings. The molecule has 0 spiro atoms. The molecule has 0 amide bonds. The smallest absolute Gasteiger partial charge is 0.184 e. The summed E-state index contributed by atoms with van der Waals surface area (Å²) in [4.78, 5) is 11.0. The fourth-order valence-electron chi connectivity index (χ4n) is 1.04. The highest BCUT2D eigenvalue weighted by molar-refractivity contribution is 5.96. The molecule has 0 atom stereocenters. The van der Waals surface area contributed by atoms with Gasteiger partial charge in [-0.25, -0.2) is 0 Å². The van der Waals surface area contributed by atoms with Gasteiger partial charge in [-0.2, -0.15) is 0 Å². The van der Waals surface area contributed by atoms with Crippen LogP contribution < -0.4 is 0 Å². The third-order valence-corrected chi connectivity index (χ3v) is 1.56. The lowest BCUT2D eigenvalue weighted by Gasteiger charge is -2.12. The van der Waals surface area contributed by atoms with Crippen LogP contribution in [-0.2, 0) is 9.53 Å². The zero-order valence-electron chi connectivity index (χ0n) is 6.22. The van der Waals surface area contributed by atoms with Crippen molar-refractivity contribution in [3.05, 3.63) is 11.6 Å². The number of carbonyl (C=O) groups is 1. The van der Waals surface area contributed by atoms with E-state index in [0.29, 0.717) is 6.61 Å². The minimum Gasteiger partial charge on any atom is -0.373 e. The number of allylic oxidation sites excluding steroid dienone is 1. The van der Waals surface area contributed by atoms with Crippen molar-refractivity contribution in [1.82, 2.24) is 0 Å². The molecule has 1 heterocycles. The Hall–Kier alpha value is -0.630. The first-order valence-corrected chi connectivity index (χ1v) is 3.64. The standard InChI is InChI=1S/C8H12O2/c1-2-3-7-4-5-10-6-8(7)9/h3H,2,4-6H2,1H3/b7-3+. The zero-order valence-corrected chi connectivity index (χ0v) is 6.22. The second-order valence-electron chi connectivity index (χ2n) is 2.36. The molecular formula is C8H12O2. The van der Waals surface area contributed by atoms with Crippen LogP contribution in [0.15, 0.2) is 11.6 Å². The van der Waals surface area contributed by atoms with Crippen LogP contribution in [0.25, 0.3) is 0 Å². The molecule has 1 rings (SSSR count). The maximum absolute atomic E-state index is 11.0. The van der Waals surface area contributed by atoms with E-state index in [4.69, 9.17) is 4.74 Å². The second-order valence-corrected chi connectivity index (χ2v) is 2.36. The van der Waals surface area contributed by atoms with Gasteiger partial charge in [0.05, 0.1) is 6.61 Å². The molecule has 0 aromatic heterocycles. The monoisotopic (exact) mass is 140 g/mol. The van der Waals surface area contributed by atoms with E-state index >= 15 is 0 Å². The van der Waals surface area contributed by atoms with Crippen LogP contribution in [0.3, 0.4) is 0 Å². The lowest BCUT2D eigenvalue weighted by molar-refractivity contribution is -0.122. The van der Waals surface area contributed by atoms with E-state index in [9.17, 15) is 4.79 Å². The van der Waals surface area contributed by atoms with Crippen LogP contribution >= 0.6 is 0 Å². The van der Waals surface area contributed by atoms with Gasteiger partial charge in [-0.15, -0.1) is 0 Å². The van der Waals surface area contributed by atoms with Gasteiger partial charge in [0.25, 0.3) is 0 Å². The summed E-state index contributed by atoms with van der Waals surface area (Å²) in [5.74, 6) is 0.160. The van der Waals surface area contributed by atoms with Gasteiger partial charge in [-0.3, -0.25) is 4.79 Å². The maximum atomic E-state index is 11.0. The molecule has 0 unspecified atom stereocenters. The molecule has 1 aliphatic heterocycles. The quantitative estimate of drug-likeness (QED) is 0.513. The first kappa shape index (κ1) is 7.48. The molecule has 0 N–H and O–H groups in total. The molecule has 0 aromatic rings. The number of rotatable bonds is 1. The van der Waals surface area contributed by atoms with E-state index in [2.05, 4.69) is 0 Å². The number of carbonyl (C=O) groups excluding carboxylic acids is 1. The third kappa shape index (κ3) is 1.67. The third-order valence-electron chi connectivity index (χ3n) is 1.56. The van der Waals surface area contributed by atoms with Crippen molar-refractivity contribution in [3.8, 4) is 0 Å². The molecule has 0 saturated carbocycles. The van der Waals surface area contributed by atoms with Gasteiger partial charge in [0.2, 0.25) is 0 Å². The summed E-state index contributed by atoms with van der Waals surface area (Å²) in [5, 5.41) is 0. The molecule has 2 heteroatoms. The van der Waals surface area contributed by atoms with Crippen molar-refractivity contribution in [2.24, 2.45) is 0 Å². The van der Waals surface area contributed by atoms with Gasteiger partial charge in [-0.05, 0) is 18.4 Å². The highest BCUT2D eigenvalue weighted by Crippen LogP contribution is 2.09. The fourth-order valence-corrected chi connectivity index (χ4v) is 1.04. The van der Waals surface area contributed by atoms with Gasteiger partial charge in [0.1, 0.15) is 6.61 Å². The highest BCUT2D eigenvalue weighted by atomic mass is 16.5. The summed E-state index contributed by atoms with van der Waals surface area (Å²) in [6.07, 6.45) is 3.73. The van der Waals surface area contributed by atoms with Crippen molar-refractivity contribution in [2.75, 3.05) is 13.2 Å². The Morgan fingerprint density at radius 2 is 2.50 bits per heavy atom. The van der Waals surface area contributed by atoms with Crippen LogP contribution in [0.5, 0.6) is 0 Å².